The minimum Gasteiger partial charge on any atom is -0.336 e. The second kappa shape index (κ2) is 7.63. The van der Waals surface area contributed by atoms with Crippen LogP contribution in [-0.4, -0.2) is 36.6 Å². The number of thiophene rings is 1. The van der Waals surface area contributed by atoms with Crippen molar-refractivity contribution >= 4 is 34.0 Å². The van der Waals surface area contributed by atoms with Crippen LogP contribution in [0.2, 0.25) is 0 Å². The van der Waals surface area contributed by atoms with Gasteiger partial charge in [0.05, 0.1) is 17.2 Å². The van der Waals surface area contributed by atoms with Gasteiger partial charge in [0.25, 0.3) is 0 Å². The van der Waals surface area contributed by atoms with Gasteiger partial charge in [-0.2, -0.15) is 0 Å². The maximum atomic E-state index is 12.4. The van der Waals surface area contributed by atoms with Gasteiger partial charge >= 0.3 is 6.03 Å². The van der Waals surface area contributed by atoms with E-state index < -0.39 is 0 Å². The number of likely N-dealkylation sites (N-methyl/N-ethyl adjacent to an activating group) is 1. The fourth-order valence-electron chi connectivity index (χ4n) is 2.80. The normalized spacial score (nSPS) is 12.3. The molecule has 1 unspecified atom stereocenters. The Balaban J connectivity index is 1.70. The quantitative estimate of drug-likeness (QED) is 0.727. The van der Waals surface area contributed by atoms with Crippen molar-refractivity contribution in [1.29, 1.82) is 0 Å². The first kappa shape index (κ1) is 17.4. The Morgan fingerprint density at radius 2 is 2.08 bits per heavy atom. The number of hydrogen-bond acceptors (Lipinski definition) is 4. The molecule has 5 nitrogen and oxygen atoms in total. The highest BCUT2D eigenvalue weighted by Gasteiger charge is 2.16. The van der Waals surface area contributed by atoms with E-state index in [1.807, 2.05) is 51.4 Å². The number of amides is 2. The Morgan fingerprint density at radius 3 is 2.80 bits per heavy atom. The molecule has 130 valence electrons. The molecule has 1 atom stereocenters. The Labute approximate surface area is 151 Å². The summed E-state index contributed by atoms with van der Waals surface area (Å²) in [5.41, 5.74) is 2.76. The van der Waals surface area contributed by atoms with Gasteiger partial charge in [0.2, 0.25) is 0 Å². The van der Waals surface area contributed by atoms with E-state index in [0.29, 0.717) is 6.54 Å². The van der Waals surface area contributed by atoms with E-state index in [4.69, 9.17) is 0 Å². The second-order valence-electron chi connectivity index (χ2n) is 6.16. The highest BCUT2D eigenvalue weighted by molar-refractivity contribution is 7.10. The van der Waals surface area contributed by atoms with Crippen LogP contribution in [-0.2, 0) is 0 Å². The molecule has 2 amide bonds. The Bertz CT molecular complexity index is 861. The third-order valence-corrected chi connectivity index (χ3v) is 5.14. The van der Waals surface area contributed by atoms with E-state index >= 15 is 0 Å². The van der Waals surface area contributed by atoms with Gasteiger partial charge in [-0.05, 0) is 56.2 Å². The van der Waals surface area contributed by atoms with Crippen molar-refractivity contribution < 1.29 is 4.79 Å². The van der Waals surface area contributed by atoms with Crippen LogP contribution in [0.1, 0.15) is 16.5 Å². The molecule has 0 aliphatic carbocycles. The second-order valence-corrected chi connectivity index (χ2v) is 7.14. The Hall–Kier alpha value is -2.44. The Morgan fingerprint density at radius 1 is 1.24 bits per heavy atom. The number of pyridine rings is 1. The number of nitrogens with one attached hydrogen (secondary N) is 2. The van der Waals surface area contributed by atoms with Crippen molar-refractivity contribution in [3.05, 3.63) is 58.4 Å². The van der Waals surface area contributed by atoms with Crippen LogP contribution in [0, 0.1) is 6.92 Å². The molecule has 6 heteroatoms. The number of nitrogens with zero attached hydrogens (tertiary/aromatic N) is 2. The number of carbonyl (C=O) groups excluding carboxylic acids is 1. The fraction of sp³-hybridized carbons (Fsp3) is 0.263. The molecular weight excluding hydrogens is 332 g/mol. The van der Waals surface area contributed by atoms with E-state index in [1.165, 1.54) is 4.88 Å². The number of fused-ring (bicyclic) bond motifs is 1. The predicted molar refractivity (Wildman–Crippen MR) is 104 cm³/mol. The molecule has 2 N–H and O–H groups in total. The van der Waals surface area contributed by atoms with E-state index in [-0.39, 0.29) is 12.1 Å². The first-order valence-corrected chi connectivity index (χ1v) is 9.03. The molecule has 25 heavy (non-hydrogen) atoms. The van der Waals surface area contributed by atoms with Crippen LogP contribution in [0.4, 0.5) is 10.5 Å². The number of carbonyl (C=O) groups is 1. The minimum absolute atomic E-state index is 0.155. The largest absolute Gasteiger partial charge is 0.336 e. The molecule has 3 aromatic rings. The summed E-state index contributed by atoms with van der Waals surface area (Å²) in [7, 11) is 4.03. The molecule has 3 rings (SSSR count). The molecule has 0 saturated carbocycles. The lowest BCUT2D eigenvalue weighted by atomic mass is 10.1. The lowest BCUT2D eigenvalue weighted by Gasteiger charge is -2.23. The van der Waals surface area contributed by atoms with Gasteiger partial charge in [0.15, 0.2) is 0 Å². The molecule has 0 aliphatic rings. The lowest BCUT2D eigenvalue weighted by Crippen LogP contribution is -2.36. The number of aromatic nitrogens is 1. The topological polar surface area (TPSA) is 57.3 Å². The summed E-state index contributed by atoms with van der Waals surface area (Å²) in [4.78, 5) is 20.1. The molecule has 2 heterocycles. The zero-order valence-corrected chi connectivity index (χ0v) is 15.4. The highest BCUT2D eigenvalue weighted by Crippen LogP contribution is 2.25. The molecule has 1 aromatic carbocycles. The summed E-state index contributed by atoms with van der Waals surface area (Å²) in [5.74, 6) is 0. The molecule has 0 radical (unpaired) electrons. The van der Waals surface area contributed by atoms with Crippen molar-refractivity contribution in [3.8, 4) is 0 Å². The van der Waals surface area contributed by atoms with Crippen molar-refractivity contribution in [2.45, 2.75) is 13.0 Å². The first-order chi connectivity index (χ1) is 12.1. The molecule has 0 bridgehead atoms. The van der Waals surface area contributed by atoms with Gasteiger partial charge in [-0.15, -0.1) is 11.3 Å². The predicted octanol–water partition coefficient (Wildman–Crippen LogP) is 4.03. The fourth-order valence-corrected chi connectivity index (χ4v) is 3.72. The van der Waals surface area contributed by atoms with Crippen LogP contribution < -0.4 is 10.6 Å². The summed E-state index contributed by atoms with van der Waals surface area (Å²) >= 11 is 1.70. The number of rotatable bonds is 5. The number of aryl methyl sites for hydroxylation is 1. The van der Waals surface area contributed by atoms with E-state index in [2.05, 4.69) is 32.0 Å². The average Bonchev–Trinajstić information content (AvgIpc) is 3.12. The summed E-state index contributed by atoms with van der Waals surface area (Å²) in [5, 5.41) is 8.92. The molecular formula is C19H22N4OS. The molecule has 0 aliphatic heterocycles. The average molecular weight is 354 g/mol. The number of urea groups is 1. The maximum Gasteiger partial charge on any atom is 0.319 e. The van der Waals surface area contributed by atoms with Crippen molar-refractivity contribution in [2.75, 3.05) is 26.0 Å². The molecule has 2 aromatic heterocycles. The zero-order valence-electron chi connectivity index (χ0n) is 14.6. The van der Waals surface area contributed by atoms with Crippen LogP contribution in [0.25, 0.3) is 10.9 Å². The summed E-state index contributed by atoms with van der Waals surface area (Å²) < 4.78 is 0. The van der Waals surface area contributed by atoms with Gasteiger partial charge in [0, 0.05) is 23.0 Å². The van der Waals surface area contributed by atoms with Crippen LogP contribution in [0.3, 0.4) is 0 Å². The van der Waals surface area contributed by atoms with Crippen LogP contribution in [0.5, 0.6) is 0 Å². The van der Waals surface area contributed by atoms with Crippen LogP contribution >= 0.6 is 11.3 Å². The smallest absolute Gasteiger partial charge is 0.319 e. The molecule has 0 spiro atoms. The van der Waals surface area contributed by atoms with Gasteiger partial charge in [-0.25, -0.2) is 4.79 Å². The maximum absolute atomic E-state index is 12.4. The third-order valence-electron chi connectivity index (χ3n) is 4.17. The monoisotopic (exact) mass is 354 g/mol. The lowest BCUT2D eigenvalue weighted by molar-refractivity contribution is 0.244. The van der Waals surface area contributed by atoms with Crippen molar-refractivity contribution in [1.82, 2.24) is 15.2 Å². The molecule has 0 saturated heterocycles. The zero-order chi connectivity index (χ0) is 17.8. The minimum atomic E-state index is -0.211. The van der Waals surface area contributed by atoms with Crippen molar-refractivity contribution in [2.24, 2.45) is 0 Å². The van der Waals surface area contributed by atoms with E-state index in [9.17, 15) is 4.79 Å². The van der Waals surface area contributed by atoms with Gasteiger partial charge in [-0.3, -0.25) is 4.98 Å². The van der Waals surface area contributed by atoms with Gasteiger partial charge in [0.1, 0.15) is 0 Å². The van der Waals surface area contributed by atoms with Crippen molar-refractivity contribution in [3.63, 3.8) is 0 Å². The van der Waals surface area contributed by atoms with Gasteiger partial charge < -0.3 is 15.5 Å². The van der Waals surface area contributed by atoms with E-state index in [1.54, 1.807) is 17.5 Å². The van der Waals surface area contributed by atoms with E-state index in [0.717, 1.165) is 22.2 Å². The Kier molecular flexibility index (Phi) is 5.31. The molecule has 0 fully saturated rings. The first-order valence-electron chi connectivity index (χ1n) is 8.15. The number of benzene rings is 1. The SMILES string of the molecule is Cc1ccc(NC(=O)NCC(c2cccs2)N(C)C)c2cccnc12. The standard InChI is InChI=1S/C19H22N4OS/c1-13-8-9-15(14-6-4-10-20-18(13)14)22-19(24)21-12-16(23(2)3)17-7-5-11-25-17/h4-11,16H,12H2,1-3H3,(H2,21,22,24). The highest BCUT2D eigenvalue weighted by atomic mass is 32.1. The number of hydrogen-bond donors (Lipinski definition) is 2. The summed E-state index contributed by atoms with van der Waals surface area (Å²) in [6.07, 6.45) is 1.77. The van der Waals surface area contributed by atoms with Crippen LogP contribution in [0.15, 0.2) is 48.0 Å². The summed E-state index contributed by atoms with van der Waals surface area (Å²) in [6, 6.07) is 11.8. The summed E-state index contributed by atoms with van der Waals surface area (Å²) in [6.45, 7) is 2.56. The number of anilines is 1. The third kappa shape index (κ3) is 3.97. The van der Waals surface area contributed by atoms with Gasteiger partial charge in [-0.1, -0.05) is 12.1 Å².